The van der Waals surface area contributed by atoms with Gasteiger partial charge in [-0.1, -0.05) is 48.0 Å². The number of ether oxygens (including phenoxy) is 2. The van der Waals surface area contributed by atoms with E-state index in [4.69, 9.17) is 35.4 Å². The van der Waals surface area contributed by atoms with Gasteiger partial charge in [-0.05, 0) is 24.6 Å². The Kier molecular flexibility index (Phi) is 10.5. The summed E-state index contributed by atoms with van der Waals surface area (Å²) < 4.78 is 18.4. The van der Waals surface area contributed by atoms with Crippen molar-refractivity contribution in [3.05, 3.63) is 64.7 Å². The number of carbonyl (C=O) groups excluding carboxylic acids is 2. The van der Waals surface area contributed by atoms with Gasteiger partial charge in [0.1, 0.15) is 11.7 Å². The smallest absolute Gasteiger partial charge is 0.357 e. The highest BCUT2D eigenvalue weighted by atomic mass is 35.5. The number of ketones is 1. The molecule has 7 nitrogen and oxygen atoms in total. The number of carbonyl (C=O) groups is 2. The van der Waals surface area contributed by atoms with Crippen molar-refractivity contribution < 1.29 is 33.4 Å². The normalized spacial score (nSPS) is 12.3. The fourth-order valence-electron chi connectivity index (χ4n) is 2.30. The van der Waals surface area contributed by atoms with Crippen molar-refractivity contribution in [3.8, 4) is 5.75 Å². The minimum absolute atomic E-state index is 0.0993. The van der Waals surface area contributed by atoms with Crippen LogP contribution in [0.2, 0.25) is 5.02 Å². The molecule has 152 valence electrons. The van der Waals surface area contributed by atoms with Gasteiger partial charge in [-0.25, -0.2) is 4.79 Å². The van der Waals surface area contributed by atoms with Crippen LogP contribution in [-0.4, -0.2) is 32.3 Å². The fraction of sp³-hybridized carbons (Fsp3) is 0.263. The van der Waals surface area contributed by atoms with Gasteiger partial charge < -0.3 is 14.0 Å². The molecular weight excluding hydrogens is 407 g/mol. The zero-order chi connectivity index (χ0) is 21.1. The Balaban J connectivity index is 0.00000190. The number of Topliss-reactive ketones (excluding diaryl/α,β-unsaturated/α-hetero) is 1. The van der Waals surface area contributed by atoms with Crippen LogP contribution in [0, 0.1) is 0 Å². The molecule has 0 aromatic heterocycles. The van der Waals surface area contributed by atoms with Gasteiger partial charge in [-0.15, -0.1) is 0 Å². The maximum Gasteiger partial charge on any atom is 0.357 e. The molecule has 0 aliphatic rings. The standard InChI is InChI=1S/C19H19ClO6.H3OP/c1-12(23-2)25-26-19(22)16(13-8-5-4-6-9-13)18(21)17-14(20)10-7-11-15(17)24-3;1-2/h4-12,16H,1-3H3;2H3. The van der Waals surface area contributed by atoms with Crippen molar-refractivity contribution in [1.29, 1.82) is 0 Å². The van der Waals surface area contributed by atoms with Gasteiger partial charge in [0.05, 0.1) is 26.8 Å². The third-order valence-electron chi connectivity index (χ3n) is 3.67. The molecule has 0 N–H and O–H groups in total. The summed E-state index contributed by atoms with van der Waals surface area (Å²) >= 11 is 6.19. The Labute approximate surface area is 170 Å². The molecule has 2 rings (SSSR count). The molecule has 0 saturated carbocycles. The molecule has 0 spiro atoms. The number of hydrogen-bond acceptors (Lipinski definition) is 7. The third-order valence-corrected chi connectivity index (χ3v) is 3.99. The lowest BCUT2D eigenvalue weighted by Gasteiger charge is -2.18. The number of rotatable bonds is 8. The second-order valence-corrected chi connectivity index (χ2v) is 5.73. The highest BCUT2D eigenvalue weighted by molar-refractivity contribution is 7.00. The van der Waals surface area contributed by atoms with Gasteiger partial charge in [0, 0.05) is 7.11 Å². The van der Waals surface area contributed by atoms with Gasteiger partial charge >= 0.3 is 5.97 Å². The molecular formula is C19H22ClO7P. The lowest BCUT2D eigenvalue weighted by molar-refractivity contribution is -0.342. The summed E-state index contributed by atoms with van der Waals surface area (Å²) in [6, 6.07) is 13.3. The molecule has 2 aromatic rings. The number of benzene rings is 2. The molecule has 0 fully saturated rings. The zero-order valence-corrected chi connectivity index (χ0v) is 17.9. The monoisotopic (exact) mass is 428 g/mol. The Hall–Kier alpha value is -2.18. The van der Waals surface area contributed by atoms with Crippen LogP contribution in [-0.2, 0) is 23.9 Å². The van der Waals surface area contributed by atoms with E-state index in [9.17, 15) is 9.59 Å². The average molecular weight is 429 g/mol. The lowest BCUT2D eigenvalue weighted by Crippen LogP contribution is -2.27. The molecule has 0 heterocycles. The second-order valence-electron chi connectivity index (χ2n) is 5.33. The van der Waals surface area contributed by atoms with E-state index in [0.717, 1.165) is 0 Å². The molecule has 0 radical (unpaired) electrons. The summed E-state index contributed by atoms with van der Waals surface area (Å²) in [6.45, 7) is 1.55. The Bertz CT molecular complexity index is 785. The maximum atomic E-state index is 13.1. The molecule has 0 aliphatic carbocycles. The largest absolute Gasteiger partial charge is 0.496 e. The Morgan fingerprint density at radius 3 is 2.21 bits per heavy atom. The Morgan fingerprint density at radius 1 is 1.00 bits per heavy atom. The first-order chi connectivity index (χ1) is 13.5. The van der Waals surface area contributed by atoms with Crippen molar-refractivity contribution in [2.45, 2.75) is 19.1 Å². The molecule has 2 aromatic carbocycles. The molecule has 0 bridgehead atoms. The first-order valence-electron chi connectivity index (χ1n) is 8.10. The predicted octanol–water partition coefficient (Wildman–Crippen LogP) is 3.72. The summed E-state index contributed by atoms with van der Waals surface area (Å²) in [4.78, 5) is 35.4. The van der Waals surface area contributed by atoms with Crippen LogP contribution in [0.3, 0.4) is 0 Å². The van der Waals surface area contributed by atoms with Gasteiger partial charge in [-0.3, -0.25) is 9.68 Å². The van der Waals surface area contributed by atoms with Crippen LogP contribution in [0.25, 0.3) is 0 Å². The fourth-order valence-corrected chi connectivity index (χ4v) is 2.56. The van der Waals surface area contributed by atoms with E-state index in [0.29, 0.717) is 14.7 Å². The zero-order valence-electron chi connectivity index (χ0n) is 15.7. The first kappa shape index (κ1) is 23.9. The summed E-state index contributed by atoms with van der Waals surface area (Å²) in [5.74, 6) is -2.44. The van der Waals surface area contributed by atoms with Gasteiger partial charge in [-0.2, -0.15) is 4.89 Å². The molecule has 0 amide bonds. The van der Waals surface area contributed by atoms with Crippen molar-refractivity contribution in [3.63, 3.8) is 0 Å². The van der Waals surface area contributed by atoms with Crippen LogP contribution in [0.1, 0.15) is 28.8 Å². The van der Waals surface area contributed by atoms with Crippen molar-refractivity contribution in [2.24, 2.45) is 0 Å². The molecule has 3 unspecified atom stereocenters. The van der Waals surface area contributed by atoms with Crippen LogP contribution in [0.5, 0.6) is 5.75 Å². The summed E-state index contributed by atoms with van der Waals surface area (Å²) in [5, 5.41) is 0.175. The topological polar surface area (TPSA) is 88.1 Å². The minimum Gasteiger partial charge on any atom is -0.496 e. The van der Waals surface area contributed by atoms with Gasteiger partial charge in [0.2, 0.25) is 0 Å². The van der Waals surface area contributed by atoms with Crippen LogP contribution < -0.4 is 4.74 Å². The SMILES string of the molecule is COc1cccc(Cl)c1C(=O)C(C(=O)OOC(C)OC)c1ccccc1.O=[PH3]. The number of methoxy groups -OCH3 is 2. The highest BCUT2D eigenvalue weighted by Crippen LogP contribution is 2.32. The lowest BCUT2D eigenvalue weighted by atomic mass is 9.90. The van der Waals surface area contributed by atoms with Crippen molar-refractivity contribution >= 4 is 32.5 Å². The van der Waals surface area contributed by atoms with E-state index < -0.39 is 24.0 Å². The summed E-state index contributed by atoms with van der Waals surface area (Å²) in [7, 11) is 3.43. The quantitative estimate of drug-likeness (QED) is 0.158. The van der Waals surface area contributed by atoms with E-state index in [-0.39, 0.29) is 16.3 Å². The van der Waals surface area contributed by atoms with Crippen LogP contribution in [0.4, 0.5) is 0 Å². The van der Waals surface area contributed by atoms with E-state index in [1.807, 2.05) is 0 Å². The number of hydrogen-bond donors (Lipinski definition) is 0. The highest BCUT2D eigenvalue weighted by Gasteiger charge is 2.35. The van der Waals surface area contributed by atoms with Gasteiger partial charge in [0.25, 0.3) is 0 Å². The molecule has 0 aliphatic heterocycles. The maximum absolute atomic E-state index is 13.1. The molecule has 9 heteroatoms. The molecule has 0 saturated heterocycles. The summed E-state index contributed by atoms with van der Waals surface area (Å²) in [6.07, 6.45) is -0.777. The van der Waals surface area contributed by atoms with Crippen LogP contribution in [0.15, 0.2) is 48.5 Å². The third kappa shape index (κ3) is 6.17. The van der Waals surface area contributed by atoms with Crippen molar-refractivity contribution in [1.82, 2.24) is 0 Å². The number of halogens is 1. The van der Waals surface area contributed by atoms with Crippen molar-refractivity contribution in [2.75, 3.05) is 14.2 Å². The minimum atomic E-state index is -1.27. The van der Waals surface area contributed by atoms with E-state index in [2.05, 4.69) is 0 Å². The summed E-state index contributed by atoms with van der Waals surface area (Å²) in [5.41, 5.74) is 0.542. The van der Waals surface area contributed by atoms with E-state index >= 15 is 0 Å². The van der Waals surface area contributed by atoms with E-state index in [1.165, 1.54) is 14.2 Å². The molecule has 28 heavy (non-hydrogen) atoms. The van der Waals surface area contributed by atoms with Gasteiger partial charge in [0.15, 0.2) is 12.1 Å². The molecule has 3 atom stereocenters. The average Bonchev–Trinajstić information content (AvgIpc) is 2.73. The van der Waals surface area contributed by atoms with E-state index in [1.54, 1.807) is 55.5 Å². The predicted molar refractivity (Wildman–Crippen MR) is 107 cm³/mol. The first-order valence-corrected chi connectivity index (χ1v) is 9.05. The second kappa shape index (κ2) is 12.3. The van der Waals surface area contributed by atoms with Crippen LogP contribution >= 0.6 is 20.7 Å². The Morgan fingerprint density at radius 2 is 1.64 bits per heavy atom.